The lowest BCUT2D eigenvalue weighted by Crippen LogP contribution is -2.50. The second-order valence-electron chi connectivity index (χ2n) is 8.05. The lowest BCUT2D eigenvalue weighted by molar-refractivity contribution is 0.0697. The van der Waals surface area contributed by atoms with Crippen molar-refractivity contribution in [2.24, 2.45) is 0 Å². The third-order valence-corrected chi connectivity index (χ3v) is 8.77. The van der Waals surface area contributed by atoms with E-state index in [1.165, 1.54) is 9.18 Å². The molecule has 1 saturated heterocycles. The van der Waals surface area contributed by atoms with E-state index in [2.05, 4.69) is 16.0 Å². The van der Waals surface area contributed by atoms with Crippen LogP contribution in [0.1, 0.15) is 33.5 Å². The Labute approximate surface area is 199 Å². The van der Waals surface area contributed by atoms with Gasteiger partial charge in [-0.1, -0.05) is 6.07 Å². The average molecular weight is 488 g/mol. The highest BCUT2D eigenvalue weighted by Gasteiger charge is 2.31. The maximum Gasteiger partial charge on any atom is 0.255 e. The van der Waals surface area contributed by atoms with Crippen LogP contribution < -0.4 is 4.74 Å². The van der Waals surface area contributed by atoms with Crippen molar-refractivity contribution < 1.29 is 17.9 Å². The zero-order valence-electron chi connectivity index (χ0n) is 19.2. The number of carbonyl (C=O) groups is 1. The van der Waals surface area contributed by atoms with Crippen molar-refractivity contribution in [2.45, 2.75) is 32.2 Å². The molecule has 33 heavy (non-hydrogen) atoms. The topological polar surface area (TPSA) is 71.9 Å². The Morgan fingerprint density at radius 1 is 1.06 bits per heavy atom. The fraction of sp³-hybridized carbons (Fsp3) is 0.375. The van der Waals surface area contributed by atoms with Crippen LogP contribution in [0.5, 0.6) is 5.75 Å². The molecule has 0 N–H and O–H groups in total. The molecule has 3 aromatic rings. The number of benzene rings is 1. The van der Waals surface area contributed by atoms with E-state index in [1.807, 2.05) is 32.9 Å². The highest BCUT2D eigenvalue weighted by molar-refractivity contribution is 7.89. The van der Waals surface area contributed by atoms with Gasteiger partial charge < -0.3 is 14.2 Å². The molecule has 0 bridgehead atoms. The van der Waals surface area contributed by atoms with Gasteiger partial charge in [0.15, 0.2) is 0 Å². The number of thiophene rings is 1. The molecule has 2 aromatic heterocycles. The zero-order valence-corrected chi connectivity index (χ0v) is 20.8. The number of nitrogens with zero attached hydrogens (tertiary/aromatic N) is 3. The fourth-order valence-corrected chi connectivity index (χ4v) is 6.26. The molecule has 4 rings (SSSR count). The zero-order chi connectivity index (χ0) is 23.6. The number of aryl methyl sites for hydroxylation is 1. The van der Waals surface area contributed by atoms with Gasteiger partial charge in [0.25, 0.3) is 5.91 Å². The number of carbonyl (C=O) groups excluding carboxylic acids is 1. The van der Waals surface area contributed by atoms with Crippen LogP contribution in [0, 0.1) is 13.8 Å². The molecule has 9 heteroatoms. The Bertz CT molecular complexity index is 1210. The van der Waals surface area contributed by atoms with Crippen LogP contribution in [0.4, 0.5) is 0 Å². The summed E-state index contributed by atoms with van der Waals surface area (Å²) in [5.74, 6) is 0.599. The molecule has 1 aromatic carbocycles. The van der Waals surface area contributed by atoms with Gasteiger partial charge in [0.2, 0.25) is 10.0 Å². The standard InChI is InChI=1S/C24H29N3O4S2/c1-4-31-20-7-9-22(10-8-20)33(29,30)26-13-11-25(12-14-26)24(28)23-16-18(2)27(19(23)3)17-21-6-5-15-32-21/h5-10,15-16H,4,11-14,17H2,1-3H3. The lowest BCUT2D eigenvalue weighted by atomic mass is 10.2. The second-order valence-corrected chi connectivity index (χ2v) is 11.0. The summed E-state index contributed by atoms with van der Waals surface area (Å²) in [6.45, 7) is 8.42. The van der Waals surface area contributed by atoms with Gasteiger partial charge in [-0.3, -0.25) is 4.79 Å². The van der Waals surface area contributed by atoms with Crippen molar-refractivity contribution in [3.63, 3.8) is 0 Å². The summed E-state index contributed by atoms with van der Waals surface area (Å²) in [4.78, 5) is 16.5. The maximum atomic E-state index is 13.2. The molecule has 1 fully saturated rings. The molecular formula is C24H29N3O4S2. The molecule has 0 saturated carbocycles. The summed E-state index contributed by atoms with van der Waals surface area (Å²) in [5, 5.41) is 2.05. The Morgan fingerprint density at radius 2 is 1.76 bits per heavy atom. The Hall–Kier alpha value is -2.62. The van der Waals surface area contributed by atoms with Gasteiger partial charge in [0, 0.05) is 42.4 Å². The molecule has 7 nitrogen and oxygen atoms in total. The minimum atomic E-state index is -3.61. The van der Waals surface area contributed by atoms with Gasteiger partial charge in [-0.15, -0.1) is 11.3 Å². The lowest BCUT2D eigenvalue weighted by Gasteiger charge is -2.34. The van der Waals surface area contributed by atoms with Crippen molar-refractivity contribution in [3.05, 3.63) is 69.7 Å². The number of aromatic nitrogens is 1. The van der Waals surface area contributed by atoms with Crippen molar-refractivity contribution in [3.8, 4) is 5.75 Å². The van der Waals surface area contributed by atoms with Crippen molar-refractivity contribution in [2.75, 3.05) is 32.8 Å². The van der Waals surface area contributed by atoms with Gasteiger partial charge in [-0.2, -0.15) is 4.31 Å². The molecule has 1 aliphatic heterocycles. The van der Waals surface area contributed by atoms with E-state index >= 15 is 0 Å². The SMILES string of the molecule is CCOc1ccc(S(=O)(=O)N2CCN(C(=O)c3cc(C)n(Cc4cccs4)c3C)CC2)cc1. The van der Waals surface area contributed by atoms with E-state index in [9.17, 15) is 13.2 Å². The van der Waals surface area contributed by atoms with E-state index in [-0.39, 0.29) is 23.9 Å². The first kappa shape index (κ1) is 23.5. The summed E-state index contributed by atoms with van der Waals surface area (Å²) in [6.07, 6.45) is 0. The smallest absolute Gasteiger partial charge is 0.255 e. The van der Waals surface area contributed by atoms with E-state index < -0.39 is 10.0 Å². The van der Waals surface area contributed by atoms with E-state index in [0.717, 1.165) is 17.9 Å². The number of hydrogen-bond donors (Lipinski definition) is 0. The first-order chi connectivity index (χ1) is 15.8. The van der Waals surface area contributed by atoms with Gasteiger partial charge in [-0.25, -0.2) is 8.42 Å². The van der Waals surface area contributed by atoms with Gasteiger partial charge in [0.1, 0.15) is 5.75 Å². The number of rotatable bonds is 7. The summed E-state index contributed by atoms with van der Waals surface area (Å²) < 4.78 is 35.1. The summed E-state index contributed by atoms with van der Waals surface area (Å²) in [5.41, 5.74) is 2.67. The van der Waals surface area contributed by atoms with Crippen LogP contribution in [0.15, 0.2) is 52.7 Å². The summed E-state index contributed by atoms with van der Waals surface area (Å²) in [6, 6.07) is 12.5. The number of piperazine rings is 1. The van der Waals surface area contributed by atoms with E-state index in [4.69, 9.17) is 4.74 Å². The Balaban J connectivity index is 1.43. The van der Waals surface area contributed by atoms with Crippen molar-refractivity contribution in [1.29, 1.82) is 0 Å². The normalized spacial score (nSPS) is 15.1. The largest absolute Gasteiger partial charge is 0.494 e. The molecule has 0 atom stereocenters. The van der Waals surface area contributed by atoms with Gasteiger partial charge in [0.05, 0.1) is 23.6 Å². The number of ether oxygens (including phenoxy) is 1. The highest BCUT2D eigenvalue weighted by Crippen LogP contribution is 2.24. The molecule has 0 spiro atoms. The minimum Gasteiger partial charge on any atom is -0.494 e. The number of sulfonamides is 1. The Morgan fingerprint density at radius 3 is 2.36 bits per heavy atom. The minimum absolute atomic E-state index is 0.0429. The first-order valence-corrected chi connectivity index (χ1v) is 13.3. The monoisotopic (exact) mass is 487 g/mol. The quantitative estimate of drug-likeness (QED) is 0.509. The van der Waals surface area contributed by atoms with Crippen LogP contribution in [0.25, 0.3) is 0 Å². The fourth-order valence-electron chi connectivity index (χ4n) is 4.14. The summed E-state index contributed by atoms with van der Waals surface area (Å²) in [7, 11) is -3.61. The second kappa shape index (κ2) is 9.70. The van der Waals surface area contributed by atoms with Gasteiger partial charge in [-0.05, 0) is 62.5 Å². The average Bonchev–Trinajstić information content (AvgIpc) is 3.43. The van der Waals surface area contributed by atoms with Gasteiger partial charge >= 0.3 is 0 Å². The van der Waals surface area contributed by atoms with Crippen LogP contribution in [0.3, 0.4) is 0 Å². The third-order valence-electron chi connectivity index (χ3n) is 6.00. The molecule has 0 aliphatic carbocycles. The molecule has 1 aliphatic rings. The maximum absolute atomic E-state index is 13.2. The predicted octanol–water partition coefficient (Wildman–Crippen LogP) is 3.76. The molecule has 1 amide bonds. The molecule has 0 unspecified atom stereocenters. The highest BCUT2D eigenvalue weighted by atomic mass is 32.2. The summed E-state index contributed by atoms with van der Waals surface area (Å²) >= 11 is 1.70. The Kier molecular flexibility index (Phi) is 6.92. The molecule has 176 valence electrons. The van der Waals surface area contributed by atoms with Crippen LogP contribution in [-0.4, -0.2) is 60.9 Å². The van der Waals surface area contributed by atoms with E-state index in [0.29, 0.717) is 31.0 Å². The van der Waals surface area contributed by atoms with Crippen LogP contribution in [-0.2, 0) is 16.6 Å². The third kappa shape index (κ3) is 4.85. The molecule has 0 radical (unpaired) electrons. The molecule has 3 heterocycles. The molecular weight excluding hydrogens is 458 g/mol. The van der Waals surface area contributed by atoms with Crippen LogP contribution in [0.2, 0.25) is 0 Å². The van der Waals surface area contributed by atoms with Crippen molar-refractivity contribution in [1.82, 2.24) is 13.8 Å². The van der Waals surface area contributed by atoms with E-state index in [1.54, 1.807) is 40.5 Å². The van der Waals surface area contributed by atoms with Crippen LogP contribution >= 0.6 is 11.3 Å². The first-order valence-electron chi connectivity index (χ1n) is 11.0. The predicted molar refractivity (Wildman–Crippen MR) is 130 cm³/mol. The van der Waals surface area contributed by atoms with Crippen molar-refractivity contribution >= 4 is 27.3 Å². The number of hydrogen-bond acceptors (Lipinski definition) is 5. The number of amides is 1.